The third-order valence-electron chi connectivity index (χ3n) is 8.20. The molecule has 4 aromatic rings. The van der Waals surface area contributed by atoms with Gasteiger partial charge in [0, 0.05) is 41.7 Å². The molecule has 2 heterocycles. The second-order valence-corrected chi connectivity index (χ2v) is 15.8. The minimum atomic E-state index is -4.49. The molecule has 0 bridgehead atoms. The van der Waals surface area contributed by atoms with Gasteiger partial charge in [-0.2, -0.15) is 4.57 Å². The summed E-state index contributed by atoms with van der Waals surface area (Å²) in [6, 6.07) is 19.2. The predicted molar refractivity (Wildman–Crippen MR) is 184 cm³/mol. The molecule has 5 rings (SSSR count). The first-order valence-electron chi connectivity index (χ1n) is 15.4. The second kappa shape index (κ2) is 14.8. The molecule has 3 aromatic carbocycles. The molecule has 1 atom stereocenters. The van der Waals surface area contributed by atoms with Crippen LogP contribution in [-0.4, -0.2) is 55.7 Å². The van der Waals surface area contributed by atoms with Gasteiger partial charge >= 0.3 is 0 Å². The number of allylic oxidation sites excluding steroid dienone is 2. The fourth-order valence-electron chi connectivity index (χ4n) is 5.49. The largest absolute Gasteiger partial charge is 0.748 e. The number of aryl methyl sites for hydroxylation is 1. The van der Waals surface area contributed by atoms with E-state index in [9.17, 15) is 31.0 Å². The van der Waals surface area contributed by atoms with Crippen LogP contribution in [0.3, 0.4) is 0 Å². The zero-order valence-corrected chi connectivity index (χ0v) is 29.2. The highest BCUT2D eigenvalue weighted by Crippen LogP contribution is 2.42. The molecule has 14 heteroatoms. The van der Waals surface area contributed by atoms with Crippen LogP contribution in [0.1, 0.15) is 43.7 Å². The lowest BCUT2D eigenvalue weighted by Crippen LogP contribution is -2.36. The molecule has 0 spiro atoms. The number of rotatable bonds is 14. The molecule has 1 N–H and O–H groups in total. The molecule has 1 aliphatic heterocycles. The number of aliphatic hydroxyl groups is 1. The van der Waals surface area contributed by atoms with Crippen molar-refractivity contribution in [3.8, 4) is 22.6 Å². The summed E-state index contributed by atoms with van der Waals surface area (Å²) in [5, 5.41) is 9.57. The summed E-state index contributed by atoms with van der Waals surface area (Å²) in [5.74, 6) is 1.03. The van der Waals surface area contributed by atoms with Gasteiger partial charge in [-0.1, -0.05) is 54.7 Å². The zero-order valence-electron chi connectivity index (χ0n) is 26.8. The number of nitrogens with zero attached hydrogens (tertiary/aromatic N) is 2. The minimum absolute atomic E-state index is 0.0840. The zero-order chi connectivity index (χ0) is 34.6. The Bertz CT molecular complexity index is 2070. The van der Waals surface area contributed by atoms with Gasteiger partial charge in [0.25, 0.3) is 5.01 Å². The van der Waals surface area contributed by atoms with Gasteiger partial charge in [-0.15, -0.1) is 0 Å². The summed E-state index contributed by atoms with van der Waals surface area (Å²) < 4.78 is 84.0. The number of hydrogen-bond acceptors (Lipinski definition) is 11. The highest BCUT2D eigenvalue weighted by atomic mass is 32.2. The summed E-state index contributed by atoms with van der Waals surface area (Å²) in [5.41, 5.74) is 4.91. The summed E-state index contributed by atoms with van der Waals surface area (Å²) in [6.45, 7) is 3.61. The number of anilines is 1. The van der Waals surface area contributed by atoms with E-state index in [0.29, 0.717) is 29.4 Å². The van der Waals surface area contributed by atoms with Crippen LogP contribution in [0.4, 0.5) is 5.69 Å². The molecular formula is C34H37N2O9S3-. The van der Waals surface area contributed by atoms with Crippen molar-refractivity contribution in [2.75, 3.05) is 24.3 Å². The number of ether oxygens (including phenoxy) is 2. The van der Waals surface area contributed by atoms with E-state index in [-0.39, 0.29) is 32.5 Å². The third kappa shape index (κ3) is 8.25. The lowest BCUT2D eigenvalue weighted by atomic mass is 10.0. The lowest BCUT2D eigenvalue weighted by molar-refractivity contribution is -0.668. The van der Waals surface area contributed by atoms with E-state index in [4.69, 9.17) is 9.47 Å². The molecule has 0 amide bonds. The van der Waals surface area contributed by atoms with E-state index in [1.165, 1.54) is 25.4 Å². The van der Waals surface area contributed by atoms with Gasteiger partial charge in [-0.25, -0.2) is 16.8 Å². The van der Waals surface area contributed by atoms with Crippen LogP contribution in [0.15, 0.2) is 78.2 Å². The van der Waals surface area contributed by atoms with Gasteiger partial charge in [0.15, 0.2) is 12.3 Å². The van der Waals surface area contributed by atoms with Crippen molar-refractivity contribution >= 4 is 53.6 Å². The highest BCUT2D eigenvalue weighted by molar-refractivity contribution is 7.86. The molecule has 1 aliphatic rings. The maximum atomic E-state index is 11.7. The number of aromatic nitrogens is 1. The van der Waals surface area contributed by atoms with Crippen LogP contribution in [0, 0.1) is 0 Å². The van der Waals surface area contributed by atoms with Gasteiger partial charge in [-0.05, 0) is 54.7 Å². The summed E-state index contributed by atoms with van der Waals surface area (Å²) in [4.78, 5) is 1.88. The van der Waals surface area contributed by atoms with E-state index >= 15 is 0 Å². The van der Waals surface area contributed by atoms with E-state index in [2.05, 4.69) is 0 Å². The molecule has 0 aliphatic carbocycles. The predicted octanol–water partition coefficient (Wildman–Crippen LogP) is 5.15. The van der Waals surface area contributed by atoms with Gasteiger partial charge in [0.05, 0.1) is 45.7 Å². The van der Waals surface area contributed by atoms with E-state index in [1.807, 2.05) is 83.1 Å². The average molecular weight is 714 g/mol. The summed E-state index contributed by atoms with van der Waals surface area (Å²) >= 11 is 1.44. The Morgan fingerprint density at radius 2 is 1.83 bits per heavy atom. The molecule has 1 aromatic heterocycles. The van der Waals surface area contributed by atoms with Crippen molar-refractivity contribution in [2.24, 2.45) is 0 Å². The third-order valence-corrected chi connectivity index (χ3v) is 11.3. The van der Waals surface area contributed by atoms with Crippen molar-refractivity contribution in [3.05, 3.63) is 88.8 Å². The van der Waals surface area contributed by atoms with Crippen molar-refractivity contribution in [2.45, 2.75) is 51.5 Å². The van der Waals surface area contributed by atoms with Crippen LogP contribution in [0.2, 0.25) is 0 Å². The monoisotopic (exact) mass is 713 g/mol. The maximum Gasteiger partial charge on any atom is 0.263 e. The number of hydrogen-bond donors (Lipinski definition) is 1. The second-order valence-electron chi connectivity index (χ2n) is 11.4. The topological polar surface area (TPSA) is 160 Å². The van der Waals surface area contributed by atoms with Crippen LogP contribution in [-0.2, 0) is 33.4 Å². The van der Waals surface area contributed by atoms with Crippen LogP contribution >= 0.6 is 11.3 Å². The highest BCUT2D eigenvalue weighted by Gasteiger charge is 2.29. The Kier molecular flexibility index (Phi) is 10.9. The fourth-order valence-corrected chi connectivity index (χ4v) is 7.58. The maximum absolute atomic E-state index is 11.7. The van der Waals surface area contributed by atoms with Crippen molar-refractivity contribution in [1.82, 2.24) is 0 Å². The van der Waals surface area contributed by atoms with Crippen LogP contribution in [0.25, 0.3) is 27.4 Å². The lowest BCUT2D eigenvalue weighted by Gasteiger charge is -2.22. The van der Waals surface area contributed by atoms with Crippen molar-refractivity contribution < 1.29 is 45.1 Å². The Hall–Kier alpha value is -3.79. The normalized spacial score (nSPS) is 15.2. The number of benzene rings is 3. The average Bonchev–Trinajstić information content (AvgIpc) is 3.57. The number of thiazole rings is 1. The molecule has 256 valence electrons. The number of fused-ring (bicyclic) bond motifs is 2. The fraction of sp³-hybridized carbons (Fsp3) is 0.324. The first-order chi connectivity index (χ1) is 22.8. The first-order valence-corrected chi connectivity index (χ1v) is 19.3. The van der Waals surface area contributed by atoms with Gasteiger partial charge in [0.2, 0.25) is 11.4 Å². The molecule has 1 unspecified atom stereocenters. The van der Waals surface area contributed by atoms with Crippen molar-refractivity contribution in [3.63, 3.8) is 0 Å². The summed E-state index contributed by atoms with van der Waals surface area (Å²) in [6.07, 6.45) is 4.59. The summed E-state index contributed by atoms with van der Waals surface area (Å²) in [7, 11) is -7.39. The smallest absolute Gasteiger partial charge is 0.263 e. The molecule has 0 saturated heterocycles. The molecule has 11 nitrogen and oxygen atoms in total. The Labute approximate surface area is 284 Å². The molecular weight excluding hydrogens is 677 g/mol. The van der Waals surface area contributed by atoms with Gasteiger partial charge in [0.1, 0.15) is 10.4 Å². The quantitative estimate of drug-likeness (QED) is 0.137. The Morgan fingerprint density at radius 1 is 1.08 bits per heavy atom. The van der Waals surface area contributed by atoms with Crippen LogP contribution in [0.5, 0.6) is 11.5 Å². The Morgan fingerprint density at radius 3 is 2.48 bits per heavy atom. The van der Waals surface area contributed by atoms with Gasteiger partial charge < -0.3 is 28.6 Å². The molecule has 0 saturated carbocycles. The SMILES string of the molecule is CC/C(C=C1Oc2ccc(-c3ccccc3)cc2N1CCC(C)S(=O)(=O)[O-])=C\c1sc2cc(CO)c(OC)cc2[n+]1CCCS(=O)(=O)[O-]. The minimum Gasteiger partial charge on any atom is -0.748 e. The van der Waals surface area contributed by atoms with Crippen molar-refractivity contribution in [1.29, 1.82) is 0 Å². The van der Waals surface area contributed by atoms with Crippen LogP contribution < -0.4 is 18.9 Å². The van der Waals surface area contributed by atoms with E-state index in [0.717, 1.165) is 37.6 Å². The standard InChI is InChI=1S/C34H38N2O9S3/c1-4-24(18-34-36(14-8-16-47(38,39)40)29-21-31(44-3)27(22-37)20-32(29)46-34)17-33-35(15-13-23(2)48(41,42)43)28-19-26(11-12-30(28)45-33)25-9-6-5-7-10-25/h5-7,9-12,17-21,23,37H,4,8,13-16,22H2,1-3H3,(H-,38,39,40,41,42,43)/p-1. The molecule has 0 radical (unpaired) electrons. The van der Waals surface area contributed by atoms with E-state index in [1.54, 1.807) is 6.07 Å². The number of aliphatic hydroxyl groups excluding tert-OH is 1. The molecule has 48 heavy (non-hydrogen) atoms. The number of methoxy groups -OCH3 is 1. The van der Waals surface area contributed by atoms with Gasteiger partial charge in [-0.3, -0.25) is 0 Å². The Balaban J connectivity index is 1.57. The van der Waals surface area contributed by atoms with E-state index < -0.39 is 31.2 Å². The molecule has 0 fully saturated rings. The first kappa shape index (κ1) is 35.5.